The Hall–Kier alpha value is -2.62. The molecule has 1 aliphatic rings. The fourth-order valence-electron chi connectivity index (χ4n) is 2.57. The van der Waals surface area contributed by atoms with Gasteiger partial charge < -0.3 is 11.1 Å². The second-order valence-electron chi connectivity index (χ2n) is 5.38. The Labute approximate surface area is 128 Å². The van der Waals surface area contributed by atoms with Gasteiger partial charge in [-0.15, -0.1) is 0 Å². The number of amides is 1. The molecule has 0 radical (unpaired) electrons. The fraction of sp³-hybridized carbons (Fsp3) is 0.167. The Morgan fingerprint density at radius 3 is 2.50 bits per heavy atom. The maximum Gasteiger partial charge on any atom is 0.251 e. The van der Waals surface area contributed by atoms with E-state index in [1.807, 2.05) is 18.2 Å². The first-order chi connectivity index (χ1) is 10.6. The van der Waals surface area contributed by atoms with Gasteiger partial charge in [0.25, 0.3) is 5.91 Å². The van der Waals surface area contributed by atoms with Crippen LogP contribution in [0.5, 0.6) is 0 Å². The predicted octanol–water partition coefficient (Wildman–Crippen LogP) is 4.12. The SMILES string of the molecule is Nc1ccc(-c2ccc(F)cc2)cc1NC(=O)C1=CCCC1. The minimum absolute atomic E-state index is 0.0968. The Morgan fingerprint density at radius 2 is 1.82 bits per heavy atom. The average molecular weight is 296 g/mol. The van der Waals surface area contributed by atoms with Crippen LogP contribution < -0.4 is 11.1 Å². The third-order valence-electron chi connectivity index (χ3n) is 3.81. The van der Waals surface area contributed by atoms with Crippen LogP contribution in [0.25, 0.3) is 11.1 Å². The molecule has 4 heteroatoms. The first-order valence-electron chi connectivity index (χ1n) is 7.29. The van der Waals surface area contributed by atoms with Gasteiger partial charge in [0.1, 0.15) is 5.82 Å². The molecule has 0 spiro atoms. The van der Waals surface area contributed by atoms with Crippen LogP contribution in [0.15, 0.2) is 54.1 Å². The molecule has 0 heterocycles. The monoisotopic (exact) mass is 296 g/mol. The number of anilines is 2. The number of hydrogen-bond donors (Lipinski definition) is 2. The molecule has 1 amide bonds. The number of hydrogen-bond acceptors (Lipinski definition) is 2. The summed E-state index contributed by atoms with van der Waals surface area (Å²) in [5.74, 6) is -0.374. The zero-order valence-electron chi connectivity index (χ0n) is 12.1. The minimum atomic E-state index is -0.277. The number of rotatable bonds is 3. The molecule has 1 aliphatic carbocycles. The maximum atomic E-state index is 13.0. The third-order valence-corrected chi connectivity index (χ3v) is 3.81. The number of nitrogens with one attached hydrogen (secondary N) is 1. The first kappa shape index (κ1) is 14.3. The molecule has 22 heavy (non-hydrogen) atoms. The first-order valence-corrected chi connectivity index (χ1v) is 7.29. The van der Waals surface area contributed by atoms with Crippen LogP contribution in [0, 0.1) is 5.82 Å². The largest absolute Gasteiger partial charge is 0.397 e. The topological polar surface area (TPSA) is 55.1 Å². The second-order valence-corrected chi connectivity index (χ2v) is 5.38. The lowest BCUT2D eigenvalue weighted by Crippen LogP contribution is -2.14. The van der Waals surface area contributed by atoms with Crippen molar-refractivity contribution in [3.63, 3.8) is 0 Å². The van der Waals surface area contributed by atoms with E-state index in [-0.39, 0.29) is 11.7 Å². The Balaban J connectivity index is 1.86. The van der Waals surface area contributed by atoms with Crippen molar-refractivity contribution in [1.82, 2.24) is 0 Å². The molecule has 0 aliphatic heterocycles. The van der Waals surface area contributed by atoms with Crippen molar-refractivity contribution >= 4 is 17.3 Å². The van der Waals surface area contributed by atoms with Gasteiger partial charge in [-0.25, -0.2) is 4.39 Å². The summed E-state index contributed by atoms with van der Waals surface area (Å²) < 4.78 is 13.0. The summed E-state index contributed by atoms with van der Waals surface area (Å²) in [6.45, 7) is 0. The molecule has 3 N–H and O–H groups in total. The zero-order chi connectivity index (χ0) is 15.5. The summed E-state index contributed by atoms with van der Waals surface area (Å²) in [4.78, 5) is 12.2. The van der Waals surface area contributed by atoms with Crippen molar-refractivity contribution < 1.29 is 9.18 Å². The molecular formula is C18H17FN2O. The lowest BCUT2D eigenvalue weighted by Gasteiger charge is -2.11. The van der Waals surface area contributed by atoms with E-state index in [0.29, 0.717) is 11.4 Å². The van der Waals surface area contributed by atoms with Gasteiger partial charge in [0.2, 0.25) is 0 Å². The van der Waals surface area contributed by atoms with Crippen molar-refractivity contribution in [2.24, 2.45) is 0 Å². The van der Waals surface area contributed by atoms with Gasteiger partial charge in [-0.1, -0.05) is 24.3 Å². The number of allylic oxidation sites excluding steroid dienone is 1. The van der Waals surface area contributed by atoms with Gasteiger partial charge in [0.15, 0.2) is 0 Å². The smallest absolute Gasteiger partial charge is 0.251 e. The van der Waals surface area contributed by atoms with E-state index in [1.54, 1.807) is 18.2 Å². The van der Waals surface area contributed by atoms with Crippen molar-refractivity contribution in [2.45, 2.75) is 19.3 Å². The standard InChI is InChI=1S/C18H17FN2O/c19-15-8-5-12(6-9-15)14-7-10-16(20)17(11-14)21-18(22)13-3-1-2-4-13/h3,5-11H,1-2,4,20H2,(H,21,22). The summed E-state index contributed by atoms with van der Waals surface area (Å²) in [6.07, 6.45) is 4.75. The Kier molecular flexibility index (Phi) is 3.92. The van der Waals surface area contributed by atoms with Crippen molar-refractivity contribution in [1.29, 1.82) is 0 Å². The van der Waals surface area contributed by atoms with Gasteiger partial charge in [0, 0.05) is 5.57 Å². The maximum absolute atomic E-state index is 13.0. The Bertz CT molecular complexity index is 735. The highest BCUT2D eigenvalue weighted by Crippen LogP contribution is 2.28. The summed E-state index contributed by atoms with van der Waals surface area (Å²) in [6, 6.07) is 11.6. The highest BCUT2D eigenvalue weighted by molar-refractivity contribution is 6.05. The van der Waals surface area contributed by atoms with Crippen molar-refractivity contribution in [3.8, 4) is 11.1 Å². The summed E-state index contributed by atoms with van der Waals surface area (Å²) >= 11 is 0. The van der Waals surface area contributed by atoms with Gasteiger partial charge in [-0.3, -0.25) is 4.79 Å². The van der Waals surface area contributed by atoms with E-state index >= 15 is 0 Å². The molecule has 2 aromatic carbocycles. The highest BCUT2D eigenvalue weighted by atomic mass is 19.1. The quantitative estimate of drug-likeness (QED) is 0.837. The van der Waals surface area contributed by atoms with E-state index in [9.17, 15) is 9.18 Å². The highest BCUT2D eigenvalue weighted by Gasteiger charge is 2.14. The summed E-state index contributed by atoms with van der Waals surface area (Å²) in [5.41, 5.74) is 9.60. The van der Waals surface area contributed by atoms with E-state index < -0.39 is 0 Å². The molecule has 0 saturated heterocycles. The normalized spacial score (nSPS) is 13.8. The fourth-order valence-corrected chi connectivity index (χ4v) is 2.57. The second kappa shape index (κ2) is 6.02. The molecule has 0 saturated carbocycles. The van der Waals surface area contributed by atoms with Gasteiger partial charge in [-0.2, -0.15) is 0 Å². The summed E-state index contributed by atoms with van der Waals surface area (Å²) in [5, 5.41) is 2.87. The molecule has 0 fully saturated rings. The minimum Gasteiger partial charge on any atom is -0.397 e. The molecule has 0 bridgehead atoms. The van der Waals surface area contributed by atoms with Crippen LogP contribution in [0.1, 0.15) is 19.3 Å². The predicted molar refractivity (Wildman–Crippen MR) is 86.8 cm³/mol. The molecule has 2 aromatic rings. The van der Waals surface area contributed by atoms with Crippen LogP contribution in [0.2, 0.25) is 0 Å². The van der Waals surface area contributed by atoms with Crippen molar-refractivity contribution in [3.05, 3.63) is 59.9 Å². The number of halogens is 1. The van der Waals surface area contributed by atoms with Crippen molar-refractivity contribution in [2.75, 3.05) is 11.1 Å². The summed E-state index contributed by atoms with van der Waals surface area (Å²) in [7, 11) is 0. The lowest BCUT2D eigenvalue weighted by atomic mass is 10.0. The van der Waals surface area contributed by atoms with E-state index in [0.717, 1.165) is 36.0 Å². The molecule has 0 atom stereocenters. The van der Waals surface area contributed by atoms with Crippen LogP contribution >= 0.6 is 0 Å². The van der Waals surface area contributed by atoms with Crippen LogP contribution in [-0.2, 0) is 4.79 Å². The zero-order valence-corrected chi connectivity index (χ0v) is 12.1. The van der Waals surface area contributed by atoms with E-state index in [4.69, 9.17) is 5.73 Å². The number of carbonyl (C=O) groups excluding carboxylic acids is 1. The van der Waals surface area contributed by atoms with Crippen LogP contribution in [0.3, 0.4) is 0 Å². The van der Waals surface area contributed by atoms with E-state index in [2.05, 4.69) is 5.32 Å². The number of nitrogens with two attached hydrogens (primary N) is 1. The van der Waals surface area contributed by atoms with Gasteiger partial charge in [-0.05, 0) is 54.7 Å². The average Bonchev–Trinajstić information content (AvgIpc) is 3.05. The lowest BCUT2D eigenvalue weighted by molar-refractivity contribution is -0.112. The molecule has 0 unspecified atom stereocenters. The molecule has 3 rings (SSSR count). The molecule has 112 valence electrons. The number of benzene rings is 2. The van der Waals surface area contributed by atoms with Gasteiger partial charge >= 0.3 is 0 Å². The molecule has 3 nitrogen and oxygen atoms in total. The van der Waals surface area contributed by atoms with E-state index in [1.165, 1.54) is 12.1 Å². The van der Waals surface area contributed by atoms with Crippen LogP contribution in [0.4, 0.5) is 15.8 Å². The number of carbonyl (C=O) groups is 1. The van der Waals surface area contributed by atoms with Gasteiger partial charge in [0.05, 0.1) is 11.4 Å². The number of nitrogen functional groups attached to an aromatic ring is 1. The van der Waals surface area contributed by atoms with Crippen LogP contribution in [-0.4, -0.2) is 5.91 Å². The third kappa shape index (κ3) is 3.01. The molecular weight excluding hydrogens is 279 g/mol. The Morgan fingerprint density at radius 1 is 1.09 bits per heavy atom. The molecule has 0 aromatic heterocycles.